The van der Waals surface area contributed by atoms with Gasteiger partial charge in [0.2, 0.25) is 0 Å². The molecule has 0 aliphatic heterocycles. The van der Waals surface area contributed by atoms with Crippen LogP contribution in [0.4, 0.5) is 5.69 Å². The van der Waals surface area contributed by atoms with E-state index in [1.165, 1.54) is 19.2 Å². The zero-order valence-corrected chi connectivity index (χ0v) is 10.3. The Bertz CT molecular complexity index is 439. The highest BCUT2D eigenvalue weighted by molar-refractivity contribution is 6.32. The first-order chi connectivity index (χ1) is 7.47. The van der Waals surface area contributed by atoms with Gasteiger partial charge in [0.25, 0.3) is 5.69 Å². The number of nitro benzene ring substituents is 1. The molecule has 0 saturated carbocycles. The van der Waals surface area contributed by atoms with Crippen molar-refractivity contribution in [2.75, 3.05) is 7.11 Å². The van der Waals surface area contributed by atoms with E-state index in [0.29, 0.717) is 0 Å². The van der Waals surface area contributed by atoms with Crippen LogP contribution in [-0.2, 0) is 9.53 Å². The van der Waals surface area contributed by atoms with Crippen molar-refractivity contribution in [1.82, 2.24) is 0 Å². The van der Waals surface area contributed by atoms with Gasteiger partial charge < -0.3 is 10.5 Å². The van der Waals surface area contributed by atoms with Crippen molar-refractivity contribution in [2.45, 2.75) is 6.04 Å². The summed E-state index contributed by atoms with van der Waals surface area (Å²) in [5, 5.41) is 10.6. The number of methoxy groups -OCH3 is 1. The van der Waals surface area contributed by atoms with E-state index in [1.54, 1.807) is 0 Å². The molecule has 0 unspecified atom stereocenters. The van der Waals surface area contributed by atoms with Gasteiger partial charge >= 0.3 is 5.97 Å². The van der Waals surface area contributed by atoms with E-state index in [2.05, 4.69) is 4.74 Å². The third kappa shape index (κ3) is 3.55. The second-order valence-electron chi connectivity index (χ2n) is 2.97. The Morgan fingerprint density at radius 2 is 2.18 bits per heavy atom. The molecule has 0 amide bonds. The lowest BCUT2D eigenvalue weighted by atomic mass is 10.1. The topological polar surface area (TPSA) is 95.5 Å². The molecule has 0 aliphatic rings. The van der Waals surface area contributed by atoms with Crippen molar-refractivity contribution in [3.63, 3.8) is 0 Å². The molecule has 0 heterocycles. The monoisotopic (exact) mass is 280 g/mol. The molecule has 0 saturated heterocycles. The summed E-state index contributed by atoms with van der Waals surface area (Å²) >= 11 is 5.61. The molecular weight excluding hydrogens is 271 g/mol. The Labute approximate surface area is 108 Å². The first-order valence-corrected chi connectivity index (χ1v) is 4.62. The molecule has 0 fully saturated rings. The van der Waals surface area contributed by atoms with Crippen LogP contribution in [0.5, 0.6) is 0 Å². The molecule has 0 spiro atoms. The summed E-state index contributed by atoms with van der Waals surface area (Å²) in [7, 11) is 1.19. The molecule has 0 aliphatic carbocycles. The van der Waals surface area contributed by atoms with Crippen molar-refractivity contribution >= 4 is 35.7 Å². The fourth-order valence-corrected chi connectivity index (χ4v) is 1.31. The number of esters is 1. The van der Waals surface area contributed by atoms with Gasteiger partial charge in [0, 0.05) is 6.07 Å². The molecule has 1 rings (SSSR count). The van der Waals surface area contributed by atoms with Gasteiger partial charge in [-0.3, -0.25) is 14.9 Å². The fraction of sp³-hybridized carbons (Fsp3) is 0.222. The highest BCUT2D eigenvalue weighted by Gasteiger charge is 2.20. The number of nitrogens with zero attached hydrogens (tertiary/aromatic N) is 1. The van der Waals surface area contributed by atoms with Gasteiger partial charge in [-0.2, -0.15) is 0 Å². The Morgan fingerprint density at radius 3 is 2.65 bits per heavy atom. The number of carbonyl (C=O) groups is 1. The number of ether oxygens (including phenoxy) is 1. The minimum atomic E-state index is -1.05. The maximum absolute atomic E-state index is 11.1. The Balaban J connectivity index is 0.00000256. The SMILES string of the molecule is COC(=O)[C@@H](N)c1ccc(Cl)c([N+](=O)[O-])c1.Cl. The van der Waals surface area contributed by atoms with Crippen molar-refractivity contribution in [1.29, 1.82) is 0 Å². The average Bonchev–Trinajstić information content (AvgIpc) is 2.27. The maximum Gasteiger partial charge on any atom is 0.327 e. The molecule has 0 aromatic heterocycles. The van der Waals surface area contributed by atoms with E-state index in [1.807, 2.05) is 0 Å². The summed E-state index contributed by atoms with van der Waals surface area (Å²) in [5.41, 5.74) is 5.52. The van der Waals surface area contributed by atoms with E-state index >= 15 is 0 Å². The minimum Gasteiger partial charge on any atom is -0.468 e. The predicted molar refractivity (Wildman–Crippen MR) is 64.3 cm³/mol. The normalized spacial score (nSPS) is 11.2. The minimum absolute atomic E-state index is 0. The van der Waals surface area contributed by atoms with Crippen LogP contribution in [0.3, 0.4) is 0 Å². The number of benzene rings is 1. The molecule has 1 aromatic carbocycles. The molecule has 1 atom stereocenters. The lowest BCUT2D eigenvalue weighted by Crippen LogP contribution is -2.22. The predicted octanol–water partition coefficient (Wildman–Crippen LogP) is 1.84. The second kappa shape index (κ2) is 6.39. The number of nitrogens with two attached hydrogens (primary N) is 1. The molecule has 0 bridgehead atoms. The second-order valence-corrected chi connectivity index (χ2v) is 3.38. The summed E-state index contributed by atoms with van der Waals surface area (Å²) in [6, 6.07) is 2.86. The van der Waals surface area contributed by atoms with Crippen molar-refractivity contribution in [3.05, 3.63) is 38.9 Å². The number of carbonyl (C=O) groups excluding carboxylic acids is 1. The molecule has 94 valence electrons. The molecule has 17 heavy (non-hydrogen) atoms. The first kappa shape index (κ1) is 15.6. The first-order valence-electron chi connectivity index (χ1n) is 4.24. The van der Waals surface area contributed by atoms with Crippen molar-refractivity contribution in [3.8, 4) is 0 Å². The van der Waals surface area contributed by atoms with Crippen LogP contribution >= 0.6 is 24.0 Å². The van der Waals surface area contributed by atoms with Crippen molar-refractivity contribution in [2.24, 2.45) is 5.73 Å². The summed E-state index contributed by atoms with van der Waals surface area (Å²) in [5.74, 6) is -0.670. The fourth-order valence-electron chi connectivity index (χ4n) is 1.13. The summed E-state index contributed by atoms with van der Waals surface area (Å²) < 4.78 is 4.43. The van der Waals surface area contributed by atoms with Crippen LogP contribution < -0.4 is 5.73 Å². The van der Waals surface area contributed by atoms with Crippen LogP contribution in [0.1, 0.15) is 11.6 Å². The van der Waals surface area contributed by atoms with E-state index in [-0.39, 0.29) is 28.7 Å². The van der Waals surface area contributed by atoms with Gasteiger partial charge in [0.05, 0.1) is 12.0 Å². The van der Waals surface area contributed by atoms with Gasteiger partial charge in [-0.1, -0.05) is 17.7 Å². The number of hydrogen-bond acceptors (Lipinski definition) is 5. The Hall–Kier alpha value is -1.37. The van der Waals surface area contributed by atoms with Crippen LogP contribution in [-0.4, -0.2) is 18.0 Å². The zero-order chi connectivity index (χ0) is 12.3. The summed E-state index contributed by atoms with van der Waals surface area (Å²) in [4.78, 5) is 21.1. The molecule has 0 radical (unpaired) electrons. The quantitative estimate of drug-likeness (QED) is 0.518. The molecular formula is C9H10Cl2N2O4. The molecule has 8 heteroatoms. The Kier molecular flexibility index (Phi) is 5.87. The average molecular weight is 281 g/mol. The smallest absolute Gasteiger partial charge is 0.327 e. The lowest BCUT2D eigenvalue weighted by Gasteiger charge is -2.09. The highest BCUT2D eigenvalue weighted by Crippen LogP contribution is 2.27. The summed E-state index contributed by atoms with van der Waals surface area (Å²) in [6.07, 6.45) is 0. The van der Waals surface area contributed by atoms with Crippen LogP contribution in [0, 0.1) is 10.1 Å². The van der Waals surface area contributed by atoms with E-state index in [0.717, 1.165) is 6.07 Å². The van der Waals surface area contributed by atoms with Gasteiger partial charge in [0.15, 0.2) is 0 Å². The highest BCUT2D eigenvalue weighted by atomic mass is 35.5. The molecule has 1 aromatic rings. The number of hydrogen-bond donors (Lipinski definition) is 1. The number of halogens is 2. The van der Waals surface area contributed by atoms with Crippen LogP contribution in [0.15, 0.2) is 18.2 Å². The van der Waals surface area contributed by atoms with Gasteiger partial charge in [-0.05, 0) is 11.6 Å². The zero-order valence-electron chi connectivity index (χ0n) is 8.75. The third-order valence-electron chi connectivity index (χ3n) is 1.98. The number of rotatable bonds is 3. The van der Waals surface area contributed by atoms with E-state index < -0.39 is 16.9 Å². The lowest BCUT2D eigenvalue weighted by molar-refractivity contribution is -0.384. The van der Waals surface area contributed by atoms with E-state index in [4.69, 9.17) is 17.3 Å². The van der Waals surface area contributed by atoms with E-state index in [9.17, 15) is 14.9 Å². The number of nitro groups is 1. The maximum atomic E-state index is 11.1. The Morgan fingerprint density at radius 1 is 1.59 bits per heavy atom. The standard InChI is InChI=1S/C9H9ClN2O4.ClH/c1-16-9(13)8(11)5-2-3-6(10)7(4-5)12(14)15;/h2-4,8H,11H2,1H3;1H/t8-;/m0./s1. The van der Waals surface area contributed by atoms with Crippen molar-refractivity contribution < 1.29 is 14.5 Å². The van der Waals surface area contributed by atoms with Gasteiger partial charge in [-0.25, -0.2) is 0 Å². The van der Waals surface area contributed by atoms with Crippen LogP contribution in [0.2, 0.25) is 5.02 Å². The van der Waals surface area contributed by atoms with Gasteiger partial charge in [0.1, 0.15) is 11.1 Å². The third-order valence-corrected chi connectivity index (χ3v) is 2.30. The largest absolute Gasteiger partial charge is 0.468 e. The summed E-state index contributed by atoms with van der Waals surface area (Å²) in [6.45, 7) is 0. The van der Waals surface area contributed by atoms with Gasteiger partial charge in [-0.15, -0.1) is 12.4 Å². The van der Waals surface area contributed by atoms with Crippen LogP contribution in [0.25, 0.3) is 0 Å². The molecule has 6 nitrogen and oxygen atoms in total. The molecule has 2 N–H and O–H groups in total.